The summed E-state index contributed by atoms with van der Waals surface area (Å²) in [6.45, 7) is 1.66. The van der Waals surface area contributed by atoms with Crippen molar-refractivity contribution < 1.29 is 22.4 Å². The van der Waals surface area contributed by atoms with Crippen LogP contribution in [0, 0.1) is 6.92 Å². The van der Waals surface area contributed by atoms with Crippen molar-refractivity contribution >= 4 is 21.6 Å². The lowest BCUT2D eigenvalue weighted by Crippen LogP contribution is -2.23. The number of carbonyl (C=O) groups excluding carboxylic acids is 1. The number of anilines is 1. The predicted octanol–water partition coefficient (Wildman–Crippen LogP) is 2.64. The fourth-order valence-corrected chi connectivity index (χ4v) is 3.57. The van der Waals surface area contributed by atoms with Crippen molar-refractivity contribution in [3.63, 3.8) is 0 Å². The highest BCUT2D eigenvalue weighted by Gasteiger charge is 2.17. The average Bonchev–Trinajstić information content (AvgIpc) is 2.72. The van der Waals surface area contributed by atoms with E-state index in [-0.39, 0.29) is 10.5 Å². The summed E-state index contributed by atoms with van der Waals surface area (Å²) in [5.41, 5.74) is 1.03. The third-order valence-corrected chi connectivity index (χ3v) is 5.62. The number of hydrogen-bond acceptors (Lipinski definition) is 6. The van der Waals surface area contributed by atoms with Crippen LogP contribution < -0.4 is 20.8 Å². The van der Waals surface area contributed by atoms with Crippen molar-refractivity contribution in [3.8, 4) is 5.75 Å². The van der Waals surface area contributed by atoms with Crippen LogP contribution in [0.1, 0.15) is 27.2 Å². The van der Waals surface area contributed by atoms with Gasteiger partial charge in [-0.15, -0.1) is 0 Å². The van der Waals surface area contributed by atoms with Crippen LogP contribution >= 0.6 is 0 Å². The molecule has 31 heavy (non-hydrogen) atoms. The summed E-state index contributed by atoms with van der Waals surface area (Å²) >= 11 is 0. The standard InChI is InChI=1S/C22H22N2O6S/c1-14-13-18(10-5-15-3-8-17(29-2)9-4-15)30-22(26)20(14)21(25)24-16-6-11-19(12-7-16)31(23,27)28/h3-4,6-9,11-13H,5,10H2,1-2H3,(H,24,25)(H2,23,27,28). The smallest absolute Gasteiger partial charge is 0.349 e. The van der Waals surface area contributed by atoms with Gasteiger partial charge in [0.15, 0.2) is 0 Å². The van der Waals surface area contributed by atoms with E-state index in [1.54, 1.807) is 20.1 Å². The summed E-state index contributed by atoms with van der Waals surface area (Å²) in [6, 6.07) is 14.6. The second-order valence-electron chi connectivity index (χ2n) is 6.93. The maximum atomic E-state index is 12.6. The molecule has 1 heterocycles. The van der Waals surface area contributed by atoms with Gasteiger partial charge >= 0.3 is 5.63 Å². The van der Waals surface area contributed by atoms with Gasteiger partial charge in [0.1, 0.15) is 17.1 Å². The molecule has 3 N–H and O–H groups in total. The zero-order valence-electron chi connectivity index (χ0n) is 17.0. The molecule has 2 aromatic carbocycles. The van der Waals surface area contributed by atoms with E-state index in [4.69, 9.17) is 14.3 Å². The van der Waals surface area contributed by atoms with Crippen molar-refractivity contribution in [1.29, 1.82) is 0 Å². The van der Waals surface area contributed by atoms with Gasteiger partial charge in [-0.1, -0.05) is 12.1 Å². The molecule has 0 saturated carbocycles. The summed E-state index contributed by atoms with van der Waals surface area (Å²) in [6.07, 6.45) is 1.16. The van der Waals surface area contributed by atoms with Crippen LogP contribution in [0.25, 0.3) is 0 Å². The Labute approximate surface area is 179 Å². The predicted molar refractivity (Wildman–Crippen MR) is 116 cm³/mol. The number of ether oxygens (including phenoxy) is 1. The quantitative estimate of drug-likeness (QED) is 0.579. The topological polar surface area (TPSA) is 129 Å². The number of carbonyl (C=O) groups is 1. The zero-order valence-corrected chi connectivity index (χ0v) is 17.9. The number of nitrogens with one attached hydrogen (secondary N) is 1. The van der Waals surface area contributed by atoms with Crippen LogP contribution in [0.15, 0.2) is 68.7 Å². The van der Waals surface area contributed by atoms with E-state index in [0.717, 1.165) is 11.3 Å². The molecule has 162 valence electrons. The highest BCUT2D eigenvalue weighted by Crippen LogP contribution is 2.16. The van der Waals surface area contributed by atoms with Crippen LogP contribution in [0.4, 0.5) is 5.69 Å². The molecule has 0 saturated heterocycles. The summed E-state index contributed by atoms with van der Waals surface area (Å²) in [4.78, 5) is 24.9. The molecule has 0 radical (unpaired) electrons. The Morgan fingerprint density at radius 3 is 2.26 bits per heavy atom. The Morgan fingerprint density at radius 1 is 1.06 bits per heavy atom. The second-order valence-corrected chi connectivity index (χ2v) is 8.49. The third-order valence-electron chi connectivity index (χ3n) is 4.69. The van der Waals surface area contributed by atoms with E-state index in [9.17, 15) is 18.0 Å². The van der Waals surface area contributed by atoms with Crippen molar-refractivity contribution in [2.45, 2.75) is 24.7 Å². The van der Waals surface area contributed by atoms with Gasteiger partial charge in [-0.25, -0.2) is 18.4 Å². The number of rotatable bonds is 7. The number of sulfonamides is 1. The fraction of sp³-hybridized carbons (Fsp3) is 0.182. The molecule has 9 heteroatoms. The Balaban J connectivity index is 1.71. The van der Waals surface area contributed by atoms with Crippen molar-refractivity contribution in [2.75, 3.05) is 12.4 Å². The molecule has 0 aliphatic carbocycles. The van der Waals surface area contributed by atoms with Gasteiger partial charge < -0.3 is 14.5 Å². The van der Waals surface area contributed by atoms with Crippen LogP contribution in [0.3, 0.4) is 0 Å². The molecule has 3 rings (SSSR count). The van der Waals surface area contributed by atoms with Crippen molar-refractivity contribution in [1.82, 2.24) is 0 Å². The number of primary sulfonamides is 1. The first-order valence-electron chi connectivity index (χ1n) is 9.38. The van der Waals surface area contributed by atoms with Crippen LogP contribution in [-0.2, 0) is 22.9 Å². The van der Waals surface area contributed by atoms with Crippen LogP contribution in [0.2, 0.25) is 0 Å². The number of methoxy groups -OCH3 is 1. The molecule has 0 aliphatic rings. The van der Waals surface area contributed by atoms with Crippen LogP contribution in [0.5, 0.6) is 5.75 Å². The number of hydrogen-bond donors (Lipinski definition) is 2. The average molecular weight is 442 g/mol. The molecule has 0 fully saturated rings. The molecule has 0 bridgehead atoms. The first-order valence-corrected chi connectivity index (χ1v) is 10.9. The Kier molecular flexibility index (Phi) is 6.57. The fourth-order valence-electron chi connectivity index (χ4n) is 3.05. The molecule has 1 amide bonds. The molecule has 1 aromatic heterocycles. The Hall–Kier alpha value is -3.43. The molecule has 0 unspecified atom stereocenters. The van der Waals surface area contributed by atoms with E-state index in [1.807, 2.05) is 24.3 Å². The zero-order chi connectivity index (χ0) is 22.6. The maximum absolute atomic E-state index is 12.6. The minimum absolute atomic E-state index is 0.0811. The lowest BCUT2D eigenvalue weighted by atomic mass is 10.1. The van der Waals surface area contributed by atoms with E-state index < -0.39 is 21.6 Å². The normalized spacial score (nSPS) is 11.2. The molecular formula is C22H22N2O6S. The first-order chi connectivity index (χ1) is 14.7. The van der Waals surface area contributed by atoms with E-state index in [2.05, 4.69) is 5.32 Å². The number of aryl methyl sites for hydroxylation is 3. The van der Waals surface area contributed by atoms with Gasteiger partial charge in [-0.2, -0.15) is 0 Å². The molecule has 0 aliphatic heterocycles. The van der Waals surface area contributed by atoms with E-state index >= 15 is 0 Å². The van der Waals surface area contributed by atoms with Gasteiger partial charge in [-0.05, 0) is 66.9 Å². The van der Waals surface area contributed by atoms with Gasteiger partial charge in [-0.3, -0.25) is 4.79 Å². The SMILES string of the molecule is COc1ccc(CCc2cc(C)c(C(=O)Nc3ccc(S(N)(=O)=O)cc3)c(=O)o2)cc1. The third kappa shape index (κ3) is 5.59. The minimum atomic E-state index is -3.83. The first kappa shape index (κ1) is 22.3. The highest BCUT2D eigenvalue weighted by atomic mass is 32.2. The van der Waals surface area contributed by atoms with Gasteiger partial charge in [0, 0.05) is 12.1 Å². The van der Waals surface area contributed by atoms with Gasteiger partial charge in [0.2, 0.25) is 10.0 Å². The van der Waals surface area contributed by atoms with E-state index in [0.29, 0.717) is 29.9 Å². The second kappa shape index (κ2) is 9.15. The monoisotopic (exact) mass is 442 g/mol. The maximum Gasteiger partial charge on any atom is 0.349 e. The summed E-state index contributed by atoms with van der Waals surface area (Å²) in [5.74, 6) is 0.601. The summed E-state index contributed by atoms with van der Waals surface area (Å²) in [5, 5.41) is 7.61. The molecule has 0 atom stereocenters. The largest absolute Gasteiger partial charge is 0.497 e. The van der Waals surface area contributed by atoms with E-state index in [1.165, 1.54) is 24.3 Å². The highest BCUT2D eigenvalue weighted by molar-refractivity contribution is 7.89. The number of amides is 1. The summed E-state index contributed by atoms with van der Waals surface area (Å²) in [7, 11) is -2.23. The molecule has 8 nitrogen and oxygen atoms in total. The van der Waals surface area contributed by atoms with Gasteiger partial charge in [0.25, 0.3) is 5.91 Å². The number of benzene rings is 2. The lowest BCUT2D eigenvalue weighted by molar-refractivity contribution is 0.102. The van der Waals surface area contributed by atoms with Crippen molar-refractivity contribution in [2.24, 2.45) is 5.14 Å². The number of nitrogens with two attached hydrogens (primary N) is 1. The van der Waals surface area contributed by atoms with Crippen LogP contribution in [-0.4, -0.2) is 21.4 Å². The molecular weight excluding hydrogens is 420 g/mol. The van der Waals surface area contributed by atoms with Gasteiger partial charge in [0.05, 0.1) is 12.0 Å². The molecule has 3 aromatic rings. The minimum Gasteiger partial charge on any atom is -0.497 e. The lowest BCUT2D eigenvalue weighted by Gasteiger charge is -2.09. The Bertz CT molecular complexity index is 1250. The summed E-state index contributed by atoms with van der Waals surface area (Å²) < 4.78 is 33.1. The van der Waals surface area contributed by atoms with Crippen molar-refractivity contribution in [3.05, 3.63) is 87.5 Å². The Morgan fingerprint density at radius 2 is 1.71 bits per heavy atom. The molecule has 0 spiro atoms.